The number of nitrogens with zero attached hydrogens (tertiary/aromatic N) is 1. The van der Waals surface area contributed by atoms with Crippen molar-refractivity contribution in [3.63, 3.8) is 0 Å². The molecule has 13 heteroatoms. The Kier molecular flexibility index (Phi) is 17.9. The van der Waals surface area contributed by atoms with E-state index in [9.17, 15) is 34.2 Å². The second-order valence-electron chi connectivity index (χ2n) is 10.2. The molecular formula is C30H45N3O9S. The van der Waals surface area contributed by atoms with Crippen LogP contribution in [0.15, 0.2) is 48.6 Å². The van der Waals surface area contributed by atoms with E-state index in [0.29, 0.717) is 0 Å². The van der Waals surface area contributed by atoms with Crippen molar-refractivity contribution in [1.82, 2.24) is 10.2 Å². The zero-order valence-electron chi connectivity index (χ0n) is 24.6. The Balaban J connectivity index is 3.07. The highest BCUT2D eigenvalue weighted by Gasteiger charge is 2.51. The van der Waals surface area contributed by atoms with Gasteiger partial charge in [0.2, 0.25) is 5.91 Å². The van der Waals surface area contributed by atoms with Crippen LogP contribution in [0.5, 0.6) is 0 Å². The first kappa shape index (κ1) is 37.6. The lowest BCUT2D eigenvalue weighted by Gasteiger charge is -2.39. The van der Waals surface area contributed by atoms with E-state index in [0.717, 1.165) is 29.5 Å². The highest BCUT2D eigenvalue weighted by Crippen LogP contribution is 2.31. The van der Waals surface area contributed by atoms with Gasteiger partial charge in [-0.1, -0.05) is 68.4 Å². The number of aliphatic hydroxyl groups excluding tert-OH is 1. The molecule has 1 aliphatic heterocycles. The molecule has 7 N–H and O–H groups in total. The van der Waals surface area contributed by atoms with Crippen LogP contribution >= 0.6 is 11.8 Å². The number of allylic oxidation sites excluding steroid dienone is 7. The summed E-state index contributed by atoms with van der Waals surface area (Å²) in [4.78, 5) is 60.4. The number of hydrogen-bond acceptors (Lipinski definition) is 8. The number of aliphatic carboxylic acids is 3. The van der Waals surface area contributed by atoms with Gasteiger partial charge in [0.1, 0.15) is 12.6 Å². The maximum Gasteiger partial charge on any atom is 0.326 e. The molecule has 1 heterocycles. The van der Waals surface area contributed by atoms with E-state index in [2.05, 4.69) is 24.4 Å². The van der Waals surface area contributed by atoms with Gasteiger partial charge in [-0.2, -0.15) is 0 Å². The van der Waals surface area contributed by atoms with Gasteiger partial charge in [-0.25, -0.2) is 4.79 Å². The molecule has 4 atom stereocenters. The van der Waals surface area contributed by atoms with Crippen molar-refractivity contribution in [2.75, 3.05) is 12.3 Å². The van der Waals surface area contributed by atoms with Crippen LogP contribution in [-0.4, -0.2) is 90.4 Å². The Morgan fingerprint density at radius 3 is 2.42 bits per heavy atom. The first-order valence-corrected chi connectivity index (χ1v) is 15.5. The van der Waals surface area contributed by atoms with Gasteiger partial charge in [-0.3, -0.25) is 24.9 Å². The van der Waals surface area contributed by atoms with Crippen LogP contribution in [-0.2, 0) is 24.0 Å². The van der Waals surface area contributed by atoms with Gasteiger partial charge in [0, 0.05) is 23.8 Å². The number of unbranched alkanes of at least 4 members (excludes halogenated alkanes) is 3. The van der Waals surface area contributed by atoms with Crippen molar-refractivity contribution in [1.29, 1.82) is 0 Å². The molecule has 43 heavy (non-hydrogen) atoms. The van der Waals surface area contributed by atoms with Crippen molar-refractivity contribution < 1.29 is 44.4 Å². The minimum atomic E-state index is -2.23. The Bertz CT molecular complexity index is 1060. The fourth-order valence-electron chi connectivity index (χ4n) is 4.38. The van der Waals surface area contributed by atoms with Gasteiger partial charge in [0.05, 0.1) is 6.10 Å². The van der Waals surface area contributed by atoms with Crippen molar-refractivity contribution >= 4 is 41.5 Å². The average molecular weight is 624 g/mol. The Labute approximate surface area is 256 Å². The summed E-state index contributed by atoms with van der Waals surface area (Å²) in [6, 6.07) is -1.39. The molecule has 1 saturated heterocycles. The molecule has 12 nitrogen and oxygen atoms in total. The largest absolute Gasteiger partial charge is 0.481 e. The van der Waals surface area contributed by atoms with Crippen molar-refractivity contribution in [3.8, 4) is 0 Å². The predicted octanol–water partition coefficient (Wildman–Crippen LogP) is 2.83. The monoisotopic (exact) mass is 623 g/mol. The number of nitrogens with one attached hydrogen (secondary N) is 1. The molecule has 0 aliphatic carbocycles. The van der Waals surface area contributed by atoms with E-state index in [1.54, 1.807) is 24.3 Å². The van der Waals surface area contributed by atoms with Crippen molar-refractivity contribution in [2.45, 2.75) is 94.2 Å². The minimum Gasteiger partial charge on any atom is -0.481 e. The molecular weight excluding hydrogens is 578 g/mol. The summed E-state index contributed by atoms with van der Waals surface area (Å²) in [5.74, 6) is -5.80. The summed E-state index contributed by atoms with van der Waals surface area (Å²) in [5.41, 5.74) is 4.18. The van der Waals surface area contributed by atoms with E-state index in [-0.39, 0.29) is 37.9 Å². The maximum absolute atomic E-state index is 13.1. The number of carbonyl (C=O) groups excluding carboxylic acids is 2. The first-order chi connectivity index (χ1) is 20.4. The SMILES string of the molecule is CCCCC/C=C\C/C=C/C=C\C=C/[C@@H](SC[C@](N)(C(=O)NCC(=O)O)N1C(=O)CC[C@H]1C(=O)O)[C@@H](O)CCCC(=O)O. The van der Waals surface area contributed by atoms with Gasteiger partial charge in [-0.15, -0.1) is 11.8 Å². The normalized spacial score (nSPS) is 18.5. The predicted molar refractivity (Wildman–Crippen MR) is 164 cm³/mol. The highest BCUT2D eigenvalue weighted by atomic mass is 32.2. The lowest BCUT2D eigenvalue weighted by Crippen LogP contribution is -2.70. The third-order valence-corrected chi connectivity index (χ3v) is 8.13. The second kappa shape index (κ2) is 20.5. The van der Waals surface area contributed by atoms with Gasteiger partial charge in [0.15, 0.2) is 5.66 Å². The molecule has 0 bridgehead atoms. The average Bonchev–Trinajstić information content (AvgIpc) is 3.35. The molecule has 1 fully saturated rings. The number of hydrogen-bond donors (Lipinski definition) is 6. The molecule has 1 rings (SSSR count). The van der Waals surface area contributed by atoms with Gasteiger partial charge in [-0.05, 0) is 38.5 Å². The van der Waals surface area contributed by atoms with E-state index in [1.165, 1.54) is 19.3 Å². The topological polar surface area (TPSA) is 208 Å². The molecule has 0 aromatic rings. The zero-order valence-corrected chi connectivity index (χ0v) is 25.4. The molecule has 2 amide bonds. The number of nitrogens with two attached hydrogens (primary N) is 1. The standard InChI is InChI=1S/C30H45N3O9S/c1-2-3-4-5-6-7-8-9-10-11-12-13-16-24(23(34)15-14-17-26(36)37)43-21-30(31,29(42)32-20-27(38)39)33-22(28(40)41)18-19-25(33)35/h6-7,9-13,16,22-24,34H,2-5,8,14-15,17-21,31H2,1H3,(H,32,42)(H,36,37)(H,38,39)(H,40,41)/b7-6-,10-9+,12-11-,16-13-/t22-,23-,24+,30+/m0/s1. The first-order valence-electron chi connectivity index (χ1n) is 14.4. The summed E-state index contributed by atoms with van der Waals surface area (Å²) >= 11 is 0.978. The quantitative estimate of drug-likeness (QED) is 0.0587. The van der Waals surface area contributed by atoms with Gasteiger partial charge >= 0.3 is 17.9 Å². The van der Waals surface area contributed by atoms with Crippen LogP contribution in [0.25, 0.3) is 0 Å². The van der Waals surface area contributed by atoms with Crippen LogP contribution < -0.4 is 11.1 Å². The molecule has 0 radical (unpaired) electrons. The van der Waals surface area contributed by atoms with Crippen LogP contribution in [0.2, 0.25) is 0 Å². The van der Waals surface area contributed by atoms with E-state index in [1.807, 2.05) is 12.2 Å². The van der Waals surface area contributed by atoms with E-state index < -0.39 is 59.3 Å². The summed E-state index contributed by atoms with van der Waals surface area (Å²) in [6.07, 6.45) is 19.2. The smallest absolute Gasteiger partial charge is 0.326 e. The number of likely N-dealkylation sites (tertiary alicyclic amines) is 1. The summed E-state index contributed by atoms with van der Waals surface area (Å²) in [7, 11) is 0. The minimum absolute atomic E-state index is 0.0713. The number of thioether (sulfide) groups is 1. The van der Waals surface area contributed by atoms with Gasteiger partial charge < -0.3 is 30.6 Å². The molecule has 0 aromatic heterocycles. The Morgan fingerprint density at radius 2 is 1.77 bits per heavy atom. The maximum atomic E-state index is 13.1. The van der Waals surface area contributed by atoms with Crippen LogP contribution in [0.1, 0.15) is 71.1 Å². The van der Waals surface area contributed by atoms with E-state index >= 15 is 0 Å². The Morgan fingerprint density at radius 1 is 1.05 bits per heavy atom. The number of amides is 2. The third kappa shape index (κ3) is 14.1. The molecule has 0 unspecified atom stereocenters. The van der Waals surface area contributed by atoms with Crippen molar-refractivity contribution in [3.05, 3.63) is 48.6 Å². The number of carbonyl (C=O) groups is 5. The lowest BCUT2D eigenvalue weighted by atomic mass is 10.1. The van der Waals surface area contributed by atoms with Crippen LogP contribution in [0, 0.1) is 0 Å². The van der Waals surface area contributed by atoms with Crippen LogP contribution in [0.4, 0.5) is 0 Å². The fourth-order valence-corrected chi connectivity index (χ4v) is 5.66. The Hall–Kier alpha value is -3.42. The van der Waals surface area contributed by atoms with Crippen LogP contribution in [0.3, 0.4) is 0 Å². The number of carboxylic acids is 3. The zero-order chi connectivity index (χ0) is 32.3. The van der Waals surface area contributed by atoms with Crippen molar-refractivity contribution in [2.24, 2.45) is 5.73 Å². The lowest BCUT2D eigenvalue weighted by molar-refractivity contribution is -0.155. The molecule has 0 spiro atoms. The molecule has 240 valence electrons. The highest BCUT2D eigenvalue weighted by molar-refractivity contribution is 8.00. The second-order valence-corrected chi connectivity index (χ2v) is 11.4. The fraction of sp³-hybridized carbons (Fsp3) is 0.567. The molecule has 0 saturated carbocycles. The number of carboxylic acid groups (broad SMARTS) is 3. The molecule has 1 aliphatic rings. The number of aliphatic hydroxyl groups is 1. The third-order valence-electron chi connectivity index (χ3n) is 6.67. The summed E-state index contributed by atoms with van der Waals surface area (Å²) in [6.45, 7) is 1.37. The van der Waals surface area contributed by atoms with Gasteiger partial charge in [0.25, 0.3) is 5.91 Å². The molecule has 0 aromatic carbocycles. The number of rotatable bonds is 22. The summed E-state index contributed by atoms with van der Waals surface area (Å²) < 4.78 is 0. The summed E-state index contributed by atoms with van der Waals surface area (Å²) in [5, 5.41) is 39.9. The van der Waals surface area contributed by atoms with E-state index in [4.69, 9.17) is 15.9 Å².